The molecule has 0 unspecified atom stereocenters. The minimum atomic E-state index is -0.193. The highest BCUT2D eigenvalue weighted by molar-refractivity contribution is 7.10. The molecule has 0 spiro atoms. The van der Waals surface area contributed by atoms with Crippen LogP contribution in [0, 0.1) is 0 Å². The van der Waals surface area contributed by atoms with Gasteiger partial charge in [0.2, 0.25) is 5.91 Å². The first-order valence-electron chi connectivity index (χ1n) is 5.31. The van der Waals surface area contributed by atoms with Crippen LogP contribution in [0.1, 0.15) is 38.5 Å². The zero-order chi connectivity index (χ0) is 11.1. The molecule has 0 atom stereocenters. The molecule has 1 amide bonds. The third-order valence-corrected chi connectivity index (χ3v) is 3.74. The third kappa shape index (κ3) is 2.07. The summed E-state index contributed by atoms with van der Waals surface area (Å²) >= 11 is 1.69. The van der Waals surface area contributed by atoms with E-state index >= 15 is 0 Å². The van der Waals surface area contributed by atoms with Crippen LogP contribution >= 0.6 is 11.3 Å². The van der Waals surface area contributed by atoms with Crippen molar-refractivity contribution in [3.05, 3.63) is 22.4 Å². The van der Waals surface area contributed by atoms with Crippen molar-refractivity contribution in [2.45, 2.75) is 44.6 Å². The molecule has 1 fully saturated rings. The van der Waals surface area contributed by atoms with E-state index in [4.69, 9.17) is 0 Å². The van der Waals surface area contributed by atoms with Crippen LogP contribution in [0.3, 0.4) is 0 Å². The highest BCUT2D eigenvalue weighted by atomic mass is 32.1. The smallest absolute Gasteiger partial charge is 0.231 e. The number of carbonyl (C=O) groups is 1. The first kappa shape index (κ1) is 10.7. The quantitative estimate of drug-likeness (QED) is 0.820. The number of thiophene rings is 1. The topological polar surface area (TPSA) is 29.1 Å². The fourth-order valence-corrected chi connectivity index (χ4v) is 2.70. The number of hydrogen-bond acceptors (Lipinski definition) is 2. The van der Waals surface area contributed by atoms with Gasteiger partial charge in [-0.15, -0.1) is 11.3 Å². The van der Waals surface area contributed by atoms with Gasteiger partial charge in [0.15, 0.2) is 0 Å². The summed E-state index contributed by atoms with van der Waals surface area (Å²) < 4.78 is 0. The molecular weight excluding hydrogens is 206 g/mol. The summed E-state index contributed by atoms with van der Waals surface area (Å²) in [6, 6.07) is 4.09. The van der Waals surface area contributed by atoms with Gasteiger partial charge in [-0.3, -0.25) is 4.79 Å². The lowest BCUT2D eigenvalue weighted by molar-refractivity contribution is -0.124. The second-order valence-corrected chi connectivity index (χ2v) is 6.21. The first-order valence-corrected chi connectivity index (χ1v) is 6.19. The van der Waals surface area contributed by atoms with Crippen LogP contribution < -0.4 is 5.32 Å². The predicted octanol–water partition coefficient (Wildman–Crippen LogP) is 2.69. The average molecular weight is 223 g/mol. The van der Waals surface area contributed by atoms with Crippen molar-refractivity contribution >= 4 is 17.2 Å². The molecular formula is C12H17NOS. The van der Waals surface area contributed by atoms with E-state index in [1.54, 1.807) is 11.3 Å². The summed E-state index contributed by atoms with van der Waals surface area (Å²) in [5, 5.41) is 5.12. The first-order chi connectivity index (χ1) is 6.94. The van der Waals surface area contributed by atoms with Gasteiger partial charge >= 0.3 is 0 Å². The summed E-state index contributed by atoms with van der Waals surface area (Å²) in [7, 11) is 0. The van der Waals surface area contributed by atoms with Crippen LogP contribution in [-0.2, 0) is 10.2 Å². The monoisotopic (exact) mass is 223 g/mol. The third-order valence-electron chi connectivity index (χ3n) is 2.67. The van der Waals surface area contributed by atoms with Crippen molar-refractivity contribution in [3.63, 3.8) is 0 Å². The van der Waals surface area contributed by atoms with E-state index in [9.17, 15) is 4.79 Å². The fraction of sp³-hybridized carbons (Fsp3) is 0.583. The van der Waals surface area contributed by atoms with Crippen LogP contribution in [0.2, 0.25) is 0 Å². The van der Waals surface area contributed by atoms with Crippen molar-refractivity contribution in [1.29, 1.82) is 0 Å². The van der Waals surface area contributed by atoms with E-state index in [-0.39, 0.29) is 16.9 Å². The molecule has 1 aromatic rings. The maximum Gasteiger partial charge on any atom is 0.231 e. The number of rotatable bonds is 2. The summed E-state index contributed by atoms with van der Waals surface area (Å²) in [5.74, 6) is 0.192. The van der Waals surface area contributed by atoms with Gasteiger partial charge in [0.25, 0.3) is 0 Å². The molecule has 0 saturated heterocycles. The maximum absolute atomic E-state index is 12.1. The Bertz CT molecular complexity index is 357. The van der Waals surface area contributed by atoms with E-state index in [0.29, 0.717) is 0 Å². The van der Waals surface area contributed by atoms with Crippen LogP contribution in [0.25, 0.3) is 0 Å². The Morgan fingerprint density at radius 1 is 1.47 bits per heavy atom. The number of nitrogens with one attached hydrogen (secondary N) is 1. The molecule has 0 bridgehead atoms. The van der Waals surface area contributed by atoms with Crippen LogP contribution in [0.5, 0.6) is 0 Å². The van der Waals surface area contributed by atoms with E-state index in [2.05, 4.69) is 11.4 Å². The Balaban J connectivity index is 2.14. The molecule has 82 valence electrons. The lowest BCUT2D eigenvalue weighted by Crippen LogP contribution is -2.45. The van der Waals surface area contributed by atoms with E-state index < -0.39 is 0 Å². The number of amides is 1. The molecule has 2 nitrogen and oxygen atoms in total. The highest BCUT2D eigenvalue weighted by Gasteiger charge is 2.52. The second-order valence-electron chi connectivity index (χ2n) is 5.26. The summed E-state index contributed by atoms with van der Waals surface area (Å²) in [6.45, 7) is 6.07. The average Bonchev–Trinajstić information content (AvgIpc) is 2.73. The zero-order valence-electron chi connectivity index (χ0n) is 9.46. The molecule has 1 aromatic heterocycles. The number of hydrogen-bond donors (Lipinski definition) is 1. The van der Waals surface area contributed by atoms with Gasteiger partial charge in [-0.25, -0.2) is 0 Å². The van der Waals surface area contributed by atoms with Gasteiger partial charge < -0.3 is 5.32 Å². The lowest BCUT2D eigenvalue weighted by Gasteiger charge is -2.24. The van der Waals surface area contributed by atoms with Crippen molar-refractivity contribution in [2.24, 2.45) is 0 Å². The van der Waals surface area contributed by atoms with Gasteiger partial charge in [-0.2, -0.15) is 0 Å². The maximum atomic E-state index is 12.1. The Hall–Kier alpha value is -0.830. The second kappa shape index (κ2) is 3.34. The van der Waals surface area contributed by atoms with Crippen molar-refractivity contribution in [1.82, 2.24) is 5.32 Å². The molecule has 1 N–H and O–H groups in total. The SMILES string of the molecule is CC(C)(C)NC(=O)C1(c2cccs2)CC1. The Kier molecular flexibility index (Phi) is 2.38. The van der Waals surface area contributed by atoms with E-state index in [1.807, 2.05) is 32.2 Å². The minimum Gasteiger partial charge on any atom is -0.351 e. The van der Waals surface area contributed by atoms with E-state index in [1.165, 1.54) is 4.88 Å². The lowest BCUT2D eigenvalue weighted by atomic mass is 10.0. The van der Waals surface area contributed by atoms with Gasteiger partial charge in [0.05, 0.1) is 5.41 Å². The number of carbonyl (C=O) groups excluding carboxylic acids is 1. The predicted molar refractivity (Wildman–Crippen MR) is 63.1 cm³/mol. The van der Waals surface area contributed by atoms with Gasteiger partial charge in [0.1, 0.15) is 0 Å². The molecule has 2 rings (SSSR count). The Morgan fingerprint density at radius 2 is 2.13 bits per heavy atom. The summed E-state index contributed by atoms with van der Waals surface area (Å²) in [5.41, 5.74) is -0.328. The Labute approximate surface area is 94.7 Å². The van der Waals surface area contributed by atoms with Gasteiger partial charge in [0, 0.05) is 10.4 Å². The molecule has 1 heterocycles. The molecule has 3 heteroatoms. The highest BCUT2D eigenvalue weighted by Crippen LogP contribution is 2.50. The molecule has 1 aliphatic carbocycles. The molecule has 15 heavy (non-hydrogen) atoms. The van der Waals surface area contributed by atoms with Crippen molar-refractivity contribution < 1.29 is 4.79 Å². The van der Waals surface area contributed by atoms with Crippen LogP contribution in [-0.4, -0.2) is 11.4 Å². The van der Waals surface area contributed by atoms with Gasteiger partial charge in [-0.1, -0.05) is 6.07 Å². The van der Waals surface area contributed by atoms with Crippen LogP contribution in [0.15, 0.2) is 17.5 Å². The minimum absolute atomic E-state index is 0.135. The molecule has 0 radical (unpaired) electrons. The molecule has 0 aliphatic heterocycles. The molecule has 1 saturated carbocycles. The standard InChI is InChI=1S/C12H17NOS/c1-11(2,3)13-10(14)12(6-7-12)9-5-4-8-15-9/h4-5,8H,6-7H2,1-3H3,(H,13,14). The molecule has 0 aromatic carbocycles. The van der Waals surface area contributed by atoms with Crippen molar-refractivity contribution in [2.75, 3.05) is 0 Å². The van der Waals surface area contributed by atoms with Crippen molar-refractivity contribution in [3.8, 4) is 0 Å². The van der Waals surface area contributed by atoms with E-state index in [0.717, 1.165) is 12.8 Å². The van der Waals surface area contributed by atoms with Crippen LogP contribution in [0.4, 0.5) is 0 Å². The van der Waals surface area contributed by atoms with Gasteiger partial charge in [-0.05, 0) is 45.1 Å². The Morgan fingerprint density at radius 3 is 2.53 bits per heavy atom. The zero-order valence-corrected chi connectivity index (χ0v) is 10.3. The summed E-state index contributed by atoms with van der Waals surface area (Å²) in [4.78, 5) is 13.3. The fourth-order valence-electron chi connectivity index (χ4n) is 1.72. The normalized spacial score (nSPS) is 18.6. The molecule has 1 aliphatic rings. The largest absolute Gasteiger partial charge is 0.351 e. The summed E-state index contributed by atoms with van der Waals surface area (Å²) in [6.07, 6.45) is 1.99.